The third-order valence-corrected chi connectivity index (χ3v) is 4.45. The molecule has 0 aliphatic heterocycles. The van der Waals surface area contributed by atoms with Gasteiger partial charge in [-0.2, -0.15) is 0 Å². The molecule has 0 aromatic heterocycles. The number of carbonyl (C=O) groups excluding carboxylic acids is 1. The lowest BCUT2D eigenvalue weighted by Gasteiger charge is -2.14. The zero-order chi connectivity index (χ0) is 20.4. The van der Waals surface area contributed by atoms with Crippen molar-refractivity contribution >= 4 is 35.8 Å². The number of ether oxygens (including phenoxy) is 1. The predicted molar refractivity (Wildman–Crippen MR) is 127 cm³/mol. The van der Waals surface area contributed by atoms with Crippen molar-refractivity contribution in [3.05, 3.63) is 35.4 Å². The molecular formula is C21H35IN4O3. The van der Waals surface area contributed by atoms with E-state index in [0.29, 0.717) is 37.1 Å². The summed E-state index contributed by atoms with van der Waals surface area (Å²) in [4.78, 5) is 18.1. The molecule has 1 aromatic rings. The molecule has 0 bridgehead atoms. The van der Waals surface area contributed by atoms with Crippen LogP contribution in [0, 0.1) is 5.92 Å². The van der Waals surface area contributed by atoms with E-state index in [4.69, 9.17) is 4.74 Å². The monoisotopic (exact) mass is 518 g/mol. The van der Waals surface area contributed by atoms with Crippen molar-refractivity contribution < 1.29 is 14.6 Å². The normalized spacial score (nSPS) is 14.7. The SMILES string of the molecule is CCNC(=NCC(O)COCC1CC1)NCCc1cccc(C(=O)N(C)C)c1.I. The van der Waals surface area contributed by atoms with Crippen LogP contribution in [0.5, 0.6) is 0 Å². The zero-order valence-electron chi connectivity index (χ0n) is 17.7. The molecule has 29 heavy (non-hydrogen) atoms. The molecule has 1 atom stereocenters. The Morgan fingerprint density at radius 1 is 1.34 bits per heavy atom. The first kappa shape index (κ1) is 25.6. The third kappa shape index (κ3) is 10.3. The predicted octanol–water partition coefficient (Wildman–Crippen LogP) is 1.89. The summed E-state index contributed by atoms with van der Waals surface area (Å²) >= 11 is 0. The van der Waals surface area contributed by atoms with Crippen LogP contribution in [0.25, 0.3) is 0 Å². The van der Waals surface area contributed by atoms with Gasteiger partial charge in [0.25, 0.3) is 5.91 Å². The number of nitrogens with one attached hydrogen (secondary N) is 2. The van der Waals surface area contributed by atoms with E-state index in [9.17, 15) is 9.90 Å². The van der Waals surface area contributed by atoms with Gasteiger partial charge in [-0.3, -0.25) is 9.79 Å². The second-order valence-corrected chi connectivity index (χ2v) is 7.43. The van der Waals surface area contributed by atoms with Gasteiger partial charge in [0.2, 0.25) is 0 Å². The summed E-state index contributed by atoms with van der Waals surface area (Å²) < 4.78 is 5.51. The number of aliphatic hydroxyl groups excluding tert-OH is 1. The van der Waals surface area contributed by atoms with Gasteiger partial charge in [0, 0.05) is 39.4 Å². The number of halogens is 1. The summed E-state index contributed by atoms with van der Waals surface area (Å²) in [5.74, 6) is 1.37. The highest BCUT2D eigenvalue weighted by Gasteiger charge is 2.21. The Morgan fingerprint density at radius 3 is 2.76 bits per heavy atom. The van der Waals surface area contributed by atoms with Crippen LogP contribution >= 0.6 is 24.0 Å². The number of benzene rings is 1. The van der Waals surface area contributed by atoms with Gasteiger partial charge in [0.05, 0.1) is 19.3 Å². The number of hydrogen-bond donors (Lipinski definition) is 3. The molecule has 0 saturated heterocycles. The van der Waals surface area contributed by atoms with Crippen molar-refractivity contribution in [2.75, 3.05) is 46.9 Å². The van der Waals surface area contributed by atoms with E-state index in [0.717, 1.165) is 25.1 Å². The standard InChI is InChI=1S/C21H34N4O3.HI/c1-4-22-21(24-13-19(26)15-28-14-17-8-9-17)23-11-10-16-6-5-7-18(12-16)20(27)25(2)3;/h5-7,12,17,19,26H,4,8-11,13-15H2,1-3H3,(H2,22,23,24);1H. The summed E-state index contributed by atoms with van der Waals surface area (Å²) in [7, 11) is 3.50. The number of nitrogens with zero attached hydrogens (tertiary/aromatic N) is 2. The molecule has 2 rings (SSSR count). The molecule has 7 nitrogen and oxygen atoms in total. The lowest BCUT2D eigenvalue weighted by Crippen LogP contribution is -2.39. The molecule has 1 aromatic carbocycles. The highest BCUT2D eigenvalue weighted by molar-refractivity contribution is 14.0. The van der Waals surface area contributed by atoms with E-state index in [1.54, 1.807) is 19.0 Å². The van der Waals surface area contributed by atoms with Gasteiger partial charge in [0.1, 0.15) is 0 Å². The van der Waals surface area contributed by atoms with Crippen LogP contribution in [0.4, 0.5) is 0 Å². The number of amides is 1. The summed E-state index contributed by atoms with van der Waals surface area (Å²) in [6.45, 7) is 4.79. The number of aliphatic imine (C=N–C) groups is 1. The fraction of sp³-hybridized carbons (Fsp3) is 0.619. The molecule has 164 valence electrons. The number of aliphatic hydroxyl groups is 1. The third-order valence-electron chi connectivity index (χ3n) is 4.45. The minimum absolute atomic E-state index is 0. The van der Waals surface area contributed by atoms with E-state index < -0.39 is 6.10 Å². The van der Waals surface area contributed by atoms with Crippen molar-refractivity contribution in [3.8, 4) is 0 Å². The average Bonchev–Trinajstić information content (AvgIpc) is 3.50. The van der Waals surface area contributed by atoms with Crippen molar-refractivity contribution in [2.45, 2.75) is 32.3 Å². The van der Waals surface area contributed by atoms with E-state index in [-0.39, 0.29) is 29.9 Å². The number of hydrogen-bond acceptors (Lipinski definition) is 4. The molecule has 1 unspecified atom stereocenters. The maximum atomic E-state index is 12.1. The molecule has 1 aliphatic rings. The summed E-state index contributed by atoms with van der Waals surface area (Å²) in [6.07, 6.45) is 2.67. The van der Waals surface area contributed by atoms with Crippen molar-refractivity contribution in [2.24, 2.45) is 10.9 Å². The van der Waals surface area contributed by atoms with Crippen molar-refractivity contribution in [3.63, 3.8) is 0 Å². The first-order valence-corrected chi connectivity index (χ1v) is 10.1. The minimum Gasteiger partial charge on any atom is -0.389 e. The van der Waals surface area contributed by atoms with E-state index in [1.165, 1.54) is 12.8 Å². The molecule has 1 saturated carbocycles. The molecule has 0 heterocycles. The lowest BCUT2D eigenvalue weighted by molar-refractivity contribution is 0.0368. The summed E-state index contributed by atoms with van der Waals surface area (Å²) in [6, 6.07) is 7.68. The lowest BCUT2D eigenvalue weighted by atomic mass is 10.1. The maximum absolute atomic E-state index is 12.1. The highest BCUT2D eigenvalue weighted by Crippen LogP contribution is 2.28. The Morgan fingerprint density at radius 2 is 2.10 bits per heavy atom. The number of guanidine groups is 1. The van der Waals surface area contributed by atoms with Gasteiger partial charge in [-0.1, -0.05) is 12.1 Å². The first-order chi connectivity index (χ1) is 13.5. The molecule has 8 heteroatoms. The largest absolute Gasteiger partial charge is 0.389 e. The van der Waals surface area contributed by atoms with Crippen molar-refractivity contribution in [1.82, 2.24) is 15.5 Å². The van der Waals surface area contributed by atoms with Crippen LogP contribution in [-0.4, -0.2) is 74.9 Å². The Balaban J connectivity index is 0.00000420. The quantitative estimate of drug-likeness (QED) is 0.237. The Bertz CT molecular complexity index is 651. The molecule has 1 fully saturated rings. The van der Waals surface area contributed by atoms with E-state index >= 15 is 0 Å². The smallest absolute Gasteiger partial charge is 0.253 e. The average molecular weight is 518 g/mol. The molecule has 1 aliphatic carbocycles. The molecule has 3 N–H and O–H groups in total. The second-order valence-electron chi connectivity index (χ2n) is 7.43. The fourth-order valence-electron chi connectivity index (χ4n) is 2.69. The number of rotatable bonds is 11. The van der Waals surface area contributed by atoms with Crippen LogP contribution in [0.1, 0.15) is 35.7 Å². The van der Waals surface area contributed by atoms with Gasteiger partial charge in [-0.05, 0) is 49.8 Å². The Kier molecular flexibility index (Phi) is 12.2. The van der Waals surface area contributed by atoms with Crippen LogP contribution in [0.15, 0.2) is 29.3 Å². The van der Waals surface area contributed by atoms with Gasteiger partial charge < -0.3 is 25.4 Å². The molecule has 0 spiro atoms. The zero-order valence-corrected chi connectivity index (χ0v) is 20.0. The maximum Gasteiger partial charge on any atom is 0.253 e. The van der Waals surface area contributed by atoms with Crippen LogP contribution in [0.2, 0.25) is 0 Å². The second kappa shape index (κ2) is 13.8. The molecule has 1 amide bonds. The fourth-order valence-corrected chi connectivity index (χ4v) is 2.69. The Hall–Kier alpha value is -1.39. The Labute approximate surface area is 191 Å². The van der Waals surface area contributed by atoms with Gasteiger partial charge in [-0.15, -0.1) is 24.0 Å². The molecule has 0 radical (unpaired) electrons. The molecular weight excluding hydrogens is 483 g/mol. The van der Waals surface area contributed by atoms with E-state index in [1.807, 2.05) is 31.2 Å². The van der Waals surface area contributed by atoms with Crippen LogP contribution < -0.4 is 10.6 Å². The van der Waals surface area contributed by atoms with Crippen LogP contribution in [0.3, 0.4) is 0 Å². The van der Waals surface area contributed by atoms with Gasteiger partial charge in [-0.25, -0.2) is 0 Å². The van der Waals surface area contributed by atoms with Crippen molar-refractivity contribution in [1.29, 1.82) is 0 Å². The first-order valence-electron chi connectivity index (χ1n) is 10.1. The summed E-state index contributed by atoms with van der Waals surface area (Å²) in [5.41, 5.74) is 1.78. The number of carbonyl (C=O) groups is 1. The summed E-state index contributed by atoms with van der Waals surface area (Å²) in [5, 5.41) is 16.5. The topological polar surface area (TPSA) is 86.2 Å². The highest BCUT2D eigenvalue weighted by atomic mass is 127. The minimum atomic E-state index is -0.595. The van der Waals surface area contributed by atoms with Gasteiger partial charge in [0.15, 0.2) is 5.96 Å². The van der Waals surface area contributed by atoms with E-state index in [2.05, 4.69) is 15.6 Å². The van der Waals surface area contributed by atoms with Crippen LogP contribution in [-0.2, 0) is 11.2 Å². The van der Waals surface area contributed by atoms with Gasteiger partial charge >= 0.3 is 0 Å².